The van der Waals surface area contributed by atoms with Gasteiger partial charge < -0.3 is 14.4 Å². The Balaban J connectivity index is 1.94. The fourth-order valence-electron chi connectivity index (χ4n) is 1.64. The first-order valence-electron chi connectivity index (χ1n) is 6.80. The third-order valence-corrected chi connectivity index (χ3v) is 4.51. The number of nitrogens with zero attached hydrogens (tertiary/aromatic N) is 1. The summed E-state index contributed by atoms with van der Waals surface area (Å²) < 4.78 is 10.1. The number of benzene rings is 2. The number of hydrogen-bond acceptors (Lipinski definition) is 4. The van der Waals surface area contributed by atoms with E-state index >= 15 is 0 Å². The van der Waals surface area contributed by atoms with Crippen LogP contribution in [-0.2, 0) is 0 Å². The van der Waals surface area contributed by atoms with Crippen LogP contribution in [0, 0.1) is 0 Å². The number of halogens is 2. The Kier molecular flexibility index (Phi) is 6.89. The molecule has 2 aromatic rings. The van der Waals surface area contributed by atoms with Crippen molar-refractivity contribution in [2.45, 2.75) is 4.90 Å². The van der Waals surface area contributed by atoms with Gasteiger partial charge in [0.05, 0.1) is 5.02 Å². The van der Waals surface area contributed by atoms with Crippen LogP contribution in [0.15, 0.2) is 51.8 Å². The van der Waals surface area contributed by atoms with E-state index in [9.17, 15) is 0 Å². The average Bonchev–Trinajstić information content (AvgIpc) is 2.49. The minimum atomic E-state index is 0.607. The van der Waals surface area contributed by atoms with Gasteiger partial charge in [-0.1, -0.05) is 27.5 Å². The van der Waals surface area contributed by atoms with Crippen molar-refractivity contribution in [3.8, 4) is 5.75 Å². The molecule has 0 atom stereocenters. The molecule has 22 heavy (non-hydrogen) atoms. The van der Waals surface area contributed by atoms with E-state index in [0.717, 1.165) is 21.6 Å². The predicted molar refractivity (Wildman–Crippen MR) is 99.1 cm³/mol. The molecule has 0 aliphatic carbocycles. The smallest absolute Gasteiger partial charge is 0.140 e. The van der Waals surface area contributed by atoms with Crippen LogP contribution in [0.4, 0.5) is 5.69 Å². The van der Waals surface area contributed by atoms with Crippen molar-refractivity contribution in [3.05, 3.63) is 52.0 Å². The van der Waals surface area contributed by atoms with Gasteiger partial charge in [0, 0.05) is 27.7 Å². The summed E-state index contributed by atoms with van der Waals surface area (Å²) in [6.07, 6.45) is 0. The van der Waals surface area contributed by atoms with Crippen LogP contribution in [0.3, 0.4) is 0 Å². The number of hydrogen-bond donors (Lipinski definition) is 1. The van der Waals surface area contributed by atoms with Gasteiger partial charge in [-0.25, -0.2) is 0 Å². The van der Waals surface area contributed by atoms with Gasteiger partial charge in [0.25, 0.3) is 0 Å². The minimum absolute atomic E-state index is 0.607. The maximum atomic E-state index is 6.17. The lowest BCUT2D eigenvalue weighted by molar-refractivity contribution is 0.261. The van der Waals surface area contributed by atoms with E-state index in [1.807, 2.05) is 56.6 Å². The van der Waals surface area contributed by atoms with E-state index in [0.29, 0.717) is 17.4 Å². The number of nitrogens with one attached hydrogen (secondary N) is 1. The summed E-state index contributed by atoms with van der Waals surface area (Å²) in [6, 6.07) is 13.8. The maximum absolute atomic E-state index is 6.17. The summed E-state index contributed by atoms with van der Waals surface area (Å²) >= 11 is 11.1. The van der Waals surface area contributed by atoms with Crippen molar-refractivity contribution in [1.82, 2.24) is 4.90 Å². The van der Waals surface area contributed by atoms with Gasteiger partial charge in [-0.15, -0.1) is 0 Å². The lowest BCUT2D eigenvalue weighted by Crippen LogP contribution is -2.19. The molecule has 3 nitrogen and oxygen atoms in total. The zero-order chi connectivity index (χ0) is 15.9. The van der Waals surface area contributed by atoms with Gasteiger partial charge in [-0.2, -0.15) is 0 Å². The first kappa shape index (κ1) is 17.5. The van der Waals surface area contributed by atoms with Gasteiger partial charge in [0.15, 0.2) is 0 Å². The van der Waals surface area contributed by atoms with E-state index in [4.69, 9.17) is 16.3 Å². The molecule has 0 amide bonds. The Bertz CT molecular complexity index is 608. The zero-order valence-electron chi connectivity index (χ0n) is 12.5. The topological polar surface area (TPSA) is 24.5 Å². The highest BCUT2D eigenvalue weighted by Crippen LogP contribution is 2.30. The van der Waals surface area contributed by atoms with Crippen LogP contribution in [0.1, 0.15) is 0 Å². The Hall–Kier alpha value is -0.880. The third-order valence-electron chi connectivity index (χ3n) is 2.83. The molecule has 0 aliphatic heterocycles. The molecule has 0 saturated carbocycles. The highest BCUT2D eigenvalue weighted by atomic mass is 79.9. The highest BCUT2D eigenvalue weighted by molar-refractivity contribution is 9.10. The lowest BCUT2D eigenvalue weighted by Gasteiger charge is -2.13. The molecule has 0 saturated heterocycles. The fraction of sp³-hybridized carbons (Fsp3) is 0.250. The molecule has 0 unspecified atom stereocenters. The molecule has 0 aliphatic rings. The lowest BCUT2D eigenvalue weighted by atomic mass is 10.3. The number of likely N-dealkylation sites (N-methyl/N-ethyl adjacent to an activating group) is 1. The summed E-state index contributed by atoms with van der Waals surface area (Å²) in [4.78, 5) is 3.20. The summed E-state index contributed by atoms with van der Waals surface area (Å²) in [5, 5.41) is 0.623. The zero-order valence-corrected chi connectivity index (χ0v) is 15.6. The second-order valence-corrected chi connectivity index (χ2v) is 7.16. The Morgan fingerprint density at radius 2 is 1.91 bits per heavy atom. The van der Waals surface area contributed by atoms with Gasteiger partial charge in [-0.3, -0.25) is 0 Å². The van der Waals surface area contributed by atoms with Gasteiger partial charge in [0.2, 0.25) is 0 Å². The van der Waals surface area contributed by atoms with Crippen LogP contribution >= 0.6 is 39.5 Å². The van der Waals surface area contributed by atoms with Crippen LogP contribution < -0.4 is 9.46 Å². The minimum Gasteiger partial charge on any atom is -0.491 e. The highest BCUT2D eigenvalue weighted by Gasteiger charge is 2.04. The molecular formula is C16H18BrClN2OS. The van der Waals surface area contributed by atoms with Crippen molar-refractivity contribution in [2.75, 3.05) is 32.0 Å². The van der Waals surface area contributed by atoms with E-state index < -0.39 is 0 Å². The quantitative estimate of drug-likeness (QED) is 0.647. The fourth-order valence-corrected chi connectivity index (χ4v) is 2.71. The normalized spacial score (nSPS) is 10.8. The van der Waals surface area contributed by atoms with E-state index in [1.165, 1.54) is 0 Å². The van der Waals surface area contributed by atoms with Crippen molar-refractivity contribution in [1.29, 1.82) is 0 Å². The van der Waals surface area contributed by atoms with Crippen molar-refractivity contribution in [3.63, 3.8) is 0 Å². The monoisotopic (exact) mass is 400 g/mol. The average molecular weight is 402 g/mol. The molecule has 6 heteroatoms. The molecule has 1 N–H and O–H groups in total. The molecule has 0 bridgehead atoms. The van der Waals surface area contributed by atoms with E-state index in [-0.39, 0.29) is 0 Å². The number of ether oxygens (including phenoxy) is 1. The van der Waals surface area contributed by atoms with Crippen molar-refractivity contribution in [2.24, 2.45) is 0 Å². The van der Waals surface area contributed by atoms with Crippen molar-refractivity contribution < 1.29 is 4.74 Å². The standard InChI is InChI=1S/C16H18BrClN2OS/c1-20(2)9-10-21-16-11-13(5-8-15(16)18)19-22-14-6-3-12(17)4-7-14/h3-8,11,19H,9-10H2,1-2H3. The second-order valence-electron chi connectivity index (χ2n) is 4.95. The largest absolute Gasteiger partial charge is 0.491 e. The van der Waals surface area contributed by atoms with Crippen molar-refractivity contribution >= 4 is 45.2 Å². The summed E-state index contributed by atoms with van der Waals surface area (Å²) in [6.45, 7) is 1.46. The first-order chi connectivity index (χ1) is 10.5. The van der Waals surface area contributed by atoms with Crippen LogP contribution in [0.25, 0.3) is 0 Å². The van der Waals surface area contributed by atoms with Crippen LogP contribution in [0.5, 0.6) is 5.75 Å². The molecule has 0 spiro atoms. The Morgan fingerprint density at radius 3 is 2.59 bits per heavy atom. The Morgan fingerprint density at radius 1 is 1.18 bits per heavy atom. The molecule has 0 aromatic heterocycles. The Labute approximate surface area is 149 Å². The predicted octanol–water partition coefficient (Wildman–Crippen LogP) is 5.16. The number of rotatable bonds is 7. The molecule has 2 rings (SSSR count). The maximum Gasteiger partial charge on any atom is 0.140 e. The first-order valence-corrected chi connectivity index (χ1v) is 8.79. The van der Waals surface area contributed by atoms with Gasteiger partial charge in [-0.05, 0) is 62.4 Å². The second kappa shape index (κ2) is 8.67. The molecular weight excluding hydrogens is 384 g/mol. The molecule has 0 radical (unpaired) electrons. The summed E-state index contributed by atoms with van der Waals surface area (Å²) in [5.74, 6) is 0.699. The van der Waals surface area contributed by atoms with E-state index in [1.54, 1.807) is 11.9 Å². The summed E-state index contributed by atoms with van der Waals surface area (Å²) in [7, 11) is 4.02. The molecule has 2 aromatic carbocycles. The van der Waals surface area contributed by atoms with Crippen LogP contribution in [0.2, 0.25) is 5.02 Å². The molecule has 118 valence electrons. The van der Waals surface area contributed by atoms with Gasteiger partial charge in [0.1, 0.15) is 12.4 Å². The molecule has 0 heterocycles. The van der Waals surface area contributed by atoms with Gasteiger partial charge >= 0.3 is 0 Å². The molecule has 0 fully saturated rings. The van der Waals surface area contributed by atoms with E-state index in [2.05, 4.69) is 25.6 Å². The number of anilines is 1. The SMILES string of the molecule is CN(C)CCOc1cc(NSc2ccc(Br)cc2)ccc1Cl. The summed E-state index contributed by atoms with van der Waals surface area (Å²) in [5.41, 5.74) is 0.956. The van der Waals surface area contributed by atoms with Crippen LogP contribution in [-0.4, -0.2) is 32.1 Å². The third kappa shape index (κ3) is 5.72.